The zero-order valence-electron chi connectivity index (χ0n) is 13.7. The van der Waals surface area contributed by atoms with Crippen molar-refractivity contribution in [1.82, 2.24) is 9.88 Å². The van der Waals surface area contributed by atoms with E-state index in [1.54, 1.807) is 12.1 Å². The number of fused-ring (bicyclic) bond motifs is 1. The third kappa shape index (κ3) is 4.71. The van der Waals surface area contributed by atoms with Gasteiger partial charge in [-0.1, -0.05) is 29.8 Å². The Bertz CT molecular complexity index is 884. The largest absolute Gasteiger partial charge is 0.356 e. The Morgan fingerprint density at radius 3 is 2.72 bits per heavy atom. The molecule has 0 aliphatic heterocycles. The number of thiophene rings is 1. The van der Waals surface area contributed by atoms with E-state index in [0.29, 0.717) is 15.8 Å². The predicted molar refractivity (Wildman–Crippen MR) is 102 cm³/mol. The van der Waals surface area contributed by atoms with Crippen LogP contribution in [0, 0.1) is 0 Å². The average Bonchev–Trinajstić information content (AvgIpc) is 3.23. The quantitative estimate of drug-likeness (QED) is 0.465. The second-order valence-corrected chi connectivity index (χ2v) is 7.51. The van der Waals surface area contributed by atoms with Crippen molar-refractivity contribution in [3.63, 3.8) is 0 Å². The fourth-order valence-electron chi connectivity index (χ4n) is 2.72. The van der Waals surface area contributed by atoms with Gasteiger partial charge >= 0.3 is 0 Å². The van der Waals surface area contributed by atoms with Crippen molar-refractivity contribution >= 4 is 45.5 Å². The molecule has 2 aromatic heterocycles. The molecule has 0 aliphatic carbocycles. The third-order valence-corrected chi connectivity index (χ3v) is 5.28. The molecule has 0 fully saturated rings. The van der Waals surface area contributed by atoms with Gasteiger partial charge in [-0.25, -0.2) is 0 Å². The molecule has 1 N–H and O–H groups in total. The molecule has 1 amide bonds. The van der Waals surface area contributed by atoms with Gasteiger partial charge in [0.05, 0.1) is 9.21 Å². The molecule has 0 spiro atoms. The van der Waals surface area contributed by atoms with Gasteiger partial charge in [0.1, 0.15) is 0 Å². The number of nitrogens with one attached hydrogen (secondary N) is 1. The van der Waals surface area contributed by atoms with E-state index in [9.17, 15) is 9.59 Å². The summed E-state index contributed by atoms with van der Waals surface area (Å²) in [5.41, 5.74) is 1.20. The molecular weight excluding hydrogens is 356 g/mol. The number of benzene rings is 1. The van der Waals surface area contributed by atoms with Crippen LogP contribution in [-0.4, -0.2) is 22.8 Å². The maximum absolute atomic E-state index is 11.9. The van der Waals surface area contributed by atoms with Gasteiger partial charge in [0.25, 0.3) is 0 Å². The number of carbonyl (C=O) groups is 2. The fourth-order valence-corrected chi connectivity index (χ4v) is 3.73. The first-order valence-electron chi connectivity index (χ1n) is 8.22. The lowest BCUT2D eigenvalue weighted by atomic mass is 10.2. The number of rotatable bonds is 8. The molecular formula is C19H19ClN2O2S. The first-order chi connectivity index (χ1) is 12.1. The van der Waals surface area contributed by atoms with E-state index >= 15 is 0 Å². The summed E-state index contributed by atoms with van der Waals surface area (Å²) in [6, 6.07) is 13.7. The summed E-state index contributed by atoms with van der Waals surface area (Å²) in [6.07, 6.45) is 3.34. The first kappa shape index (κ1) is 17.7. The molecule has 4 nitrogen and oxygen atoms in total. The van der Waals surface area contributed by atoms with Crippen LogP contribution < -0.4 is 5.32 Å². The molecule has 6 heteroatoms. The van der Waals surface area contributed by atoms with Crippen molar-refractivity contribution in [2.45, 2.75) is 25.8 Å². The second kappa shape index (κ2) is 8.32. The van der Waals surface area contributed by atoms with Crippen LogP contribution in [-0.2, 0) is 11.3 Å². The lowest BCUT2D eigenvalue weighted by molar-refractivity contribution is -0.121. The maximum atomic E-state index is 11.9. The number of para-hydroxylation sites is 1. The van der Waals surface area contributed by atoms with Crippen molar-refractivity contribution < 1.29 is 9.59 Å². The van der Waals surface area contributed by atoms with Crippen molar-refractivity contribution in [1.29, 1.82) is 0 Å². The normalized spacial score (nSPS) is 10.9. The summed E-state index contributed by atoms with van der Waals surface area (Å²) in [7, 11) is 0. The van der Waals surface area contributed by atoms with Gasteiger partial charge in [-0.05, 0) is 36.1 Å². The number of halogens is 1. The molecule has 3 aromatic rings. The molecule has 130 valence electrons. The number of amides is 1. The van der Waals surface area contributed by atoms with Crippen LogP contribution in [0.3, 0.4) is 0 Å². The van der Waals surface area contributed by atoms with Crippen LogP contribution in [0.1, 0.15) is 28.9 Å². The van der Waals surface area contributed by atoms with E-state index in [-0.39, 0.29) is 24.5 Å². The molecule has 25 heavy (non-hydrogen) atoms. The number of aromatic nitrogens is 1. The zero-order valence-corrected chi connectivity index (χ0v) is 15.3. The van der Waals surface area contributed by atoms with E-state index in [0.717, 1.165) is 13.0 Å². The van der Waals surface area contributed by atoms with Crippen molar-refractivity contribution in [3.05, 3.63) is 57.9 Å². The first-order valence-corrected chi connectivity index (χ1v) is 9.42. The van der Waals surface area contributed by atoms with Gasteiger partial charge in [0.2, 0.25) is 5.91 Å². The predicted octanol–water partition coefficient (Wildman–Crippen LogP) is 4.53. The zero-order chi connectivity index (χ0) is 17.6. The topological polar surface area (TPSA) is 51.1 Å². The Morgan fingerprint density at radius 2 is 1.92 bits per heavy atom. The highest BCUT2D eigenvalue weighted by Gasteiger charge is 2.11. The highest BCUT2D eigenvalue weighted by atomic mass is 35.5. The Kier molecular flexibility index (Phi) is 5.89. The molecule has 0 aliphatic rings. The monoisotopic (exact) mass is 374 g/mol. The summed E-state index contributed by atoms with van der Waals surface area (Å²) in [5.74, 6) is -0.126. The highest BCUT2D eigenvalue weighted by Crippen LogP contribution is 2.22. The molecule has 0 radical (unpaired) electrons. The number of hydrogen-bond acceptors (Lipinski definition) is 3. The van der Waals surface area contributed by atoms with Gasteiger partial charge < -0.3 is 9.88 Å². The smallest absolute Gasteiger partial charge is 0.220 e. The molecule has 0 unspecified atom stereocenters. The summed E-state index contributed by atoms with van der Waals surface area (Å²) < 4.78 is 2.77. The molecule has 0 saturated carbocycles. The van der Waals surface area contributed by atoms with E-state index in [4.69, 9.17) is 11.6 Å². The van der Waals surface area contributed by atoms with Gasteiger partial charge in [-0.3, -0.25) is 9.59 Å². The maximum Gasteiger partial charge on any atom is 0.220 e. The molecule has 0 bridgehead atoms. The number of hydrogen-bond donors (Lipinski definition) is 1. The van der Waals surface area contributed by atoms with Crippen LogP contribution in [0.15, 0.2) is 48.7 Å². The summed E-state index contributed by atoms with van der Waals surface area (Å²) in [4.78, 5) is 24.4. The fraction of sp³-hybridized carbons (Fsp3) is 0.263. The lowest BCUT2D eigenvalue weighted by Gasteiger charge is -2.07. The Balaban J connectivity index is 1.37. The SMILES string of the molecule is O=C(CCC(=O)c1ccc(Cl)s1)NCCCn1ccc2ccccc21. The van der Waals surface area contributed by atoms with Gasteiger partial charge in [-0.15, -0.1) is 11.3 Å². The minimum absolute atomic E-state index is 0.0362. The van der Waals surface area contributed by atoms with Gasteiger partial charge in [0, 0.05) is 37.6 Å². The standard InChI is InChI=1S/C19H19ClN2O2S/c20-18-8-7-17(25-18)16(23)6-9-19(24)21-11-3-12-22-13-10-14-4-1-2-5-15(14)22/h1-2,4-5,7-8,10,13H,3,6,9,11-12H2,(H,21,24). The van der Waals surface area contributed by atoms with Gasteiger partial charge in [0.15, 0.2) is 5.78 Å². The Labute approximate surface area is 155 Å². The second-order valence-electron chi connectivity index (χ2n) is 5.80. The Hall–Kier alpha value is -2.11. The van der Waals surface area contributed by atoms with Crippen LogP contribution in [0.2, 0.25) is 4.34 Å². The van der Waals surface area contributed by atoms with Crippen molar-refractivity contribution in [2.24, 2.45) is 0 Å². The van der Waals surface area contributed by atoms with Gasteiger partial charge in [-0.2, -0.15) is 0 Å². The number of ketones is 1. The molecule has 2 heterocycles. The summed E-state index contributed by atoms with van der Waals surface area (Å²) in [6.45, 7) is 1.45. The number of nitrogens with zero attached hydrogens (tertiary/aromatic N) is 1. The molecule has 3 rings (SSSR count). The van der Waals surface area contributed by atoms with Crippen molar-refractivity contribution in [3.8, 4) is 0 Å². The number of Topliss-reactive ketones (excluding diaryl/α,β-unsaturated/α-hetero) is 1. The minimum atomic E-state index is -0.0895. The van der Waals surface area contributed by atoms with Crippen LogP contribution in [0.4, 0.5) is 0 Å². The van der Waals surface area contributed by atoms with Crippen LogP contribution in [0.25, 0.3) is 10.9 Å². The summed E-state index contributed by atoms with van der Waals surface area (Å²) in [5, 5.41) is 4.10. The van der Waals surface area contributed by atoms with E-state index in [2.05, 4.69) is 34.3 Å². The van der Waals surface area contributed by atoms with Crippen LogP contribution in [0.5, 0.6) is 0 Å². The summed E-state index contributed by atoms with van der Waals surface area (Å²) >= 11 is 7.07. The highest BCUT2D eigenvalue weighted by molar-refractivity contribution is 7.18. The van der Waals surface area contributed by atoms with Crippen molar-refractivity contribution in [2.75, 3.05) is 6.54 Å². The minimum Gasteiger partial charge on any atom is -0.356 e. The lowest BCUT2D eigenvalue weighted by Crippen LogP contribution is -2.25. The van der Waals surface area contributed by atoms with Crippen LogP contribution >= 0.6 is 22.9 Å². The average molecular weight is 375 g/mol. The van der Waals surface area contributed by atoms with E-state index in [1.807, 2.05) is 12.1 Å². The van der Waals surface area contributed by atoms with E-state index < -0.39 is 0 Å². The van der Waals surface area contributed by atoms with E-state index in [1.165, 1.54) is 22.2 Å². The molecule has 0 saturated heterocycles. The molecule has 1 aromatic carbocycles. The number of aryl methyl sites for hydroxylation is 1. The number of carbonyl (C=O) groups excluding carboxylic acids is 2. The molecule has 0 atom stereocenters. The Morgan fingerprint density at radius 1 is 1.08 bits per heavy atom. The third-order valence-electron chi connectivity index (χ3n) is 4.01.